The third-order valence-corrected chi connectivity index (χ3v) is 3.37. The van der Waals surface area contributed by atoms with Gasteiger partial charge in [0, 0.05) is 30.8 Å². The van der Waals surface area contributed by atoms with Crippen molar-refractivity contribution in [3.8, 4) is 0 Å². The molecule has 0 unspecified atom stereocenters. The van der Waals surface area contributed by atoms with Gasteiger partial charge < -0.3 is 16.0 Å². The molecule has 0 radical (unpaired) electrons. The molecule has 0 atom stereocenters. The van der Waals surface area contributed by atoms with Gasteiger partial charge in [-0.15, -0.1) is 0 Å². The van der Waals surface area contributed by atoms with E-state index < -0.39 is 0 Å². The lowest BCUT2D eigenvalue weighted by Crippen LogP contribution is -2.32. The van der Waals surface area contributed by atoms with Gasteiger partial charge in [-0.2, -0.15) is 0 Å². The number of benzene rings is 1. The number of carbonyl (C=O) groups excluding carboxylic acids is 2. The average molecular weight is 319 g/mol. The molecule has 0 saturated heterocycles. The lowest BCUT2D eigenvalue weighted by atomic mass is 10.1. The highest BCUT2D eigenvalue weighted by atomic mass is 16.2. The molecule has 0 aliphatic heterocycles. The molecule has 1 aromatic rings. The van der Waals surface area contributed by atoms with Crippen LogP contribution in [0.1, 0.15) is 49.5 Å². The number of amides is 2. The summed E-state index contributed by atoms with van der Waals surface area (Å²) >= 11 is 0. The predicted octanol–water partition coefficient (Wildman–Crippen LogP) is 2.71. The first-order chi connectivity index (χ1) is 10.9. The maximum absolute atomic E-state index is 12.1. The van der Waals surface area contributed by atoms with Gasteiger partial charge in [0.25, 0.3) is 5.91 Å². The fourth-order valence-corrected chi connectivity index (χ4v) is 2.19. The summed E-state index contributed by atoms with van der Waals surface area (Å²) < 4.78 is 0. The molecular formula is C18H29N3O2. The monoisotopic (exact) mass is 319 g/mol. The van der Waals surface area contributed by atoms with E-state index in [1.165, 1.54) is 0 Å². The van der Waals surface area contributed by atoms with Gasteiger partial charge in [-0.3, -0.25) is 9.59 Å². The van der Waals surface area contributed by atoms with Crippen molar-refractivity contribution in [3.63, 3.8) is 0 Å². The van der Waals surface area contributed by atoms with E-state index >= 15 is 0 Å². The molecule has 3 N–H and O–H groups in total. The summed E-state index contributed by atoms with van der Waals surface area (Å²) in [5, 5.41) is 9.01. The van der Waals surface area contributed by atoms with E-state index in [4.69, 9.17) is 0 Å². The first-order valence-corrected chi connectivity index (χ1v) is 8.33. The predicted molar refractivity (Wildman–Crippen MR) is 94.8 cm³/mol. The van der Waals surface area contributed by atoms with Gasteiger partial charge in [0.15, 0.2) is 0 Å². The van der Waals surface area contributed by atoms with Crippen LogP contribution in [0.5, 0.6) is 0 Å². The minimum Gasteiger partial charge on any atom is -0.351 e. The summed E-state index contributed by atoms with van der Waals surface area (Å²) in [6, 6.07) is 5.34. The summed E-state index contributed by atoms with van der Waals surface area (Å²) in [5.41, 5.74) is 2.26. The van der Waals surface area contributed by atoms with Gasteiger partial charge in [-0.25, -0.2) is 0 Å². The van der Waals surface area contributed by atoms with E-state index in [-0.39, 0.29) is 11.8 Å². The molecule has 0 aliphatic carbocycles. The molecule has 0 saturated carbocycles. The Bertz CT molecular complexity index is 527. The Kier molecular flexibility index (Phi) is 8.33. The van der Waals surface area contributed by atoms with E-state index in [9.17, 15) is 9.59 Å². The Morgan fingerprint density at radius 3 is 2.48 bits per heavy atom. The van der Waals surface area contributed by atoms with Crippen molar-refractivity contribution in [1.29, 1.82) is 0 Å². The third-order valence-electron chi connectivity index (χ3n) is 3.37. The zero-order chi connectivity index (χ0) is 17.2. The second-order valence-electron chi connectivity index (χ2n) is 6.18. The van der Waals surface area contributed by atoms with Crippen molar-refractivity contribution < 1.29 is 9.59 Å². The summed E-state index contributed by atoms with van der Waals surface area (Å²) in [7, 11) is 0. The van der Waals surface area contributed by atoms with Crippen LogP contribution in [-0.2, 0) is 4.79 Å². The van der Waals surface area contributed by atoms with Crippen LogP contribution in [0.25, 0.3) is 0 Å². The van der Waals surface area contributed by atoms with Gasteiger partial charge in [0.05, 0.1) is 0 Å². The molecule has 23 heavy (non-hydrogen) atoms. The molecule has 1 aromatic carbocycles. The Morgan fingerprint density at radius 1 is 1.13 bits per heavy atom. The van der Waals surface area contributed by atoms with Crippen molar-refractivity contribution in [1.82, 2.24) is 10.6 Å². The number of rotatable bonds is 9. The molecule has 0 bridgehead atoms. The largest absolute Gasteiger partial charge is 0.351 e. The van der Waals surface area contributed by atoms with Crippen molar-refractivity contribution in [2.75, 3.05) is 25.0 Å². The van der Waals surface area contributed by atoms with Crippen LogP contribution in [0.3, 0.4) is 0 Å². The number of aryl methyl sites for hydroxylation is 1. The van der Waals surface area contributed by atoms with E-state index in [1.807, 2.05) is 20.8 Å². The molecule has 128 valence electrons. The zero-order valence-corrected chi connectivity index (χ0v) is 14.7. The molecule has 5 nitrogen and oxygen atoms in total. The molecular weight excluding hydrogens is 290 g/mol. The van der Waals surface area contributed by atoms with Crippen LogP contribution in [0.15, 0.2) is 18.2 Å². The highest BCUT2D eigenvalue weighted by molar-refractivity contribution is 5.96. The van der Waals surface area contributed by atoms with Crippen LogP contribution in [0, 0.1) is 12.8 Å². The van der Waals surface area contributed by atoms with Crippen molar-refractivity contribution in [2.45, 2.75) is 40.5 Å². The van der Waals surface area contributed by atoms with Crippen LogP contribution in [-0.4, -0.2) is 31.4 Å². The van der Waals surface area contributed by atoms with E-state index in [0.717, 1.165) is 30.8 Å². The van der Waals surface area contributed by atoms with Gasteiger partial charge in [0.2, 0.25) is 5.91 Å². The maximum atomic E-state index is 12.1. The topological polar surface area (TPSA) is 70.2 Å². The van der Waals surface area contributed by atoms with E-state index in [0.29, 0.717) is 24.4 Å². The number of hydrogen-bond acceptors (Lipinski definition) is 3. The molecule has 0 fully saturated rings. The fourth-order valence-electron chi connectivity index (χ4n) is 2.19. The number of nitrogens with one attached hydrogen (secondary N) is 3. The second kappa shape index (κ2) is 10.0. The second-order valence-corrected chi connectivity index (χ2v) is 6.18. The summed E-state index contributed by atoms with van der Waals surface area (Å²) in [5.74, 6) is 0.232. The molecule has 2 amide bonds. The van der Waals surface area contributed by atoms with Crippen molar-refractivity contribution in [3.05, 3.63) is 29.3 Å². The normalized spacial score (nSPS) is 10.7. The average Bonchev–Trinajstić information content (AvgIpc) is 2.48. The van der Waals surface area contributed by atoms with Crippen molar-refractivity contribution >= 4 is 17.5 Å². The first kappa shape index (κ1) is 19.2. The third kappa shape index (κ3) is 7.28. The Labute approximate surface area is 139 Å². The minimum atomic E-state index is -0.0912. The van der Waals surface area contributed by atoms with Gasteiger partial charge in [-0.05, 0) is 49.6 Å². The molecule has 5 heteroatoms. The number of hydrogen-bond donors (Lipinski definition) is 3. The molecule has 0 spiro atoms. The molecule has 0 heterocycles. The van der Waals surface area contributed by atoms with Crippen molar-refractivity contribution in [2.24, 2.45) is 5.92 Å². The fraction of sp³-hybridized carbons (Fsp3) is 0.556. The van der Waals surface area contributed by atoms with E-state index in [2.05, 4.69) is 22.9 Å². The molecule has 0 aliphatic rings. The number of carbonyl (C=O) groups is 2. The smallest absolute Gasteiger partial charge is 0.251 e. The highest BCUT2D eigenvalue weighted by Gasteiger charge is 2.10. The first-order valence-electron chi connectivity index (χ1n) is 8.33. The van der Waals surface area contributed by atoms with Gasteiger partial charge >= 0.3 is 0 Å². The minimum absolute atomic E-state index is 0.00213. The van der Waals surface area contributed by atoms with Crippen LogP contribution < -0.4 is 16.0 Å². The van der Waals surface area contributed by atoms with Crippen LogP contribution in [0.2, 0.25) is 0 Å². The van der Waals surface area contributed by atoms with Crippen LogP contribution in [0.4, 0.5) is 5.69 Å². The Balaban J connectivity index is 2.54. The quantitative estimate of drug-likeness (QED) is 0.613. The van der Waals surface area contributed by atoms with Gasteiger partial charge in [0.1, 0.15) is 0 Å². The molecule has 0 aromatic heterocycles. The lowest BCUT2D eigenvalue weighted by molar-refractivity contribution is -0.116. The Hall–Kier alpha value is -1.88. The SMILES string of the molecule is CCCNCCNC(=O)c1ccc(NC(=O)CC(C)C)c(C)c1. The standard InChI is InChI=1S/C18H29N3O2/c1-5-8-19-9-10-20-18(23)15-6-7-16(14(4)12-15)21-17(22)11-13(2)3/h6-7,12-13,19H,5,8-11H2,1-4H3,(H,20,23)(H,21,22). The summed E-state index contributed by atoms with van der Waals surface area (Å²) in [6.07, 6.45) is 1.57. The zero-order valence-electron chi connectivity index (χ0n) is 14.7. The molecule has 1 rings (SSSR count). The maximum Gasteiger partial charge on any atom is 0.251 e. The summed E-state index contributed by atoms with van der Waals surface area (Å²) in [4.78, 5) is 23.9. The lowest BCUT2D eigenvalue weighted by Gasteiger charge is -2.12. The Morgan fingerprint density at radius 2 is 1.87 bits per heavy atom. The van der Waals surface area contributed by atoms with E-state index in [1.54, 1.807) is 18.2 Å². The highest BCUT2D eigenvalue weighted by Crippen LogP contribution is 2.17. The van der Waals surface area contributed by atoms with Gasteiger partial charge in [-0.1, -0.05) is 20.8 Å². The van der Waals surface area contributed by atoms with Crippen LogP contribution >= 0.6 is 0 Å². The number of anilines is 1. The summed E-state index contributed by atoms with van der Waals surface area (Å²) in [6.45, 7) is 10.3.